The molecule has 108 valence electrons. The smallest absolute Gasteiger partial charge is 0.325 e. The third-order valence-electron chi connectivity index (χ3n) is 4.12. The van der Waals surface area contributed by atoms with Crippen LogP contribution in [0.1, 0.15) is 25.3 Å². The highest BCUT2D eigenvalue weighted by Crippen LogP contribution is 2.31. The van der Waals surface area contributed by atoms with Crippen molar-refractivity contribution in [1.82, 2.24) is 5.32 Å². The lowest BCUT2D eigenvalue weighted by Gasteiger charge is -2.32. The summed E-state index contributed by atoms with van der Waals surface area (Å²) in [6.07, 6.45) is 2.91. The van der Waals surface area contributed by atoms with Crippen LogP contribution in [-0.4, -0.2) is 35.7 Å². The van der Waals surface area contributed by atoms with E-state index >= 15 is 0 Å². The van der Waals surface area contributed by atoms with E-state index < -0.39 is 11.5 Å². The van der Waals surface area contributed by atoms with Crippen LogP contribution < -0.4 is 10.2 Å². The van der Waals surface area contributed by atoms with Gasteiger partial charge in [0.25, 0.3) is 0 Å². The van der Waals surface area contributed by atoms with E-state index in [1.54, 1.807) is 13.0 Å². The van der Waals surface area contributed by atoms with Crippen molar-refractivity contribution in [2.24, 2.45) is 0 Å². The molecule has 1 heterocycles. The van der Waals surface area contributed by atoms with Gasteiger partial charge >= 0.3 is 5.97 Å². The first-order chi connectivity index (χ1) is 9.48. The van der Waals surface area contributed by atoms with Gasteiger partial charge in [-0.15, -0.1) is 0 Å². The second-order valence-corrected chi connectivity index (χ2v) is 6.00. The van der Waals surface area contributed by atoms with E-state index in [0.717, 1.165) is 37.1 Å². The molecule has 2 aliphatic rings. The minimum Gasteiger partial charge on any atom is -0.480 e. The van der Waals surface area contributed by atoms with Crippen LogP contribution in [0.5, 0.6) is 0 Å². The maximum absolute atomic E-state index is 13.4. The van der Waals surface area contributed by atoms with Crippen LogP contribution in [-0.2, 0) is 11.2 Å². The Morgan fingerprint density at radius 3 is 2.95 bits per heavy atom. The van der Waals surface area contributed by atoms with Crippen molar-refractivity contribution in [3.8, 4) is 0 Å². The van der Waals surface area contributed by atoms with E-state index in [4.69, 9.17) is 0 Å². The number of anilines is 1. The Balaban J connectivity index is 1.80. The molecule has 1 aromatic rings. The zero-order valence-electron chi connectivity index (χ0n) is 11.5. The van der Waals surface area contributed by atoms with Crippen molar-refractivity contribution in [1.29, 1.82) is 0 Å². The number of hydrogen-bond donors (Lipinski definition) is 2. The predicted molar refractivity (Wildman–Crippen MR) is 74.5 cm³/mol. The molecule has 0 aromatic heterocycles. The number of nitrogens with one attached hydrogen (secondary N) is 1. The number of carbonyl (C=O) groups is 1. The summed E-state index contributed by atoms with van der Waals surface area (Å²) in [5.74, 6) is -1.13. The monoisotopic (exact) mass is 278 g/mol. The highest BCUT2D eigenvalue weighted by atomic mass is 19.1. The van der Waals surface area contributed by atoms with Crippen molar-refractivity contribution < 1.29 is 14.3 Å². The number of hydrogen-bond acceptors (Lipinski definition) is 3. The second kappa shape index (κ2) is 4.74. The first kappa shape index (κ1) is 13.4. The maximum Gasteiger partial charge on any atom is 0.325 e. The van der Waals surface area contributed by atoms with Gasteiger partial charge in [0.1, 0.15) is 11.4 Å². The molecule has 4 nitrogen and oxygen atoms in total. The van der Waals surface area contributed by atoms with Crippen molar-refractivity contribution in [2.75, 3.05) is 18.0 Å². The summed E-state index contributed by atoms with van der Waals surface area (Å²) in [6, 6.07) is 5.06. The lowest BCUT2D eigenvalue weighted by Crippen LogP contribution is -2.57. The predicted octanol–water partition coefficient (Wildman–Crippen LogP) is 1.78. The summed E-state index contributed by atoms with van der Waals surface area (Å²) in [4.78, 5) is 13.6. The fourth-order valence-corrected chi connectivity index (χ4v) is 2.82. The molecule has 0 amide bonds. The summed E-state index contributed by atoms with van der Waals surface area (Å²) in [5.41, 5.74) is 0.926. The molecular weight excluding hydrogens is 259 g/mol. The van der Waals surface area contributed by atoms with Crippen molar-refractivity contribution >= 4 is 11.7 Å². The van der Waals surface area contributed by atoms with Gasteiger partial charge in [-0.25, -0.2) is 4.39 Å². The lowest BCUT2D eigenvalue weighted by molar-refractivity contribution is -0.143. The Bertz CT molecular complexity index is 545. The Morgan fingerprint density at radius 2 is 2.30 bits per heavy atom. The fraction of sp³-hybridized carbons (Fsp3) is 0.533. The molecule has 3 rings (SSSR count). The first-order valence-corrected chi connectivity index (χ1v) is 7.02. The Kier molecular flexibility index (Phi) is 3.17. The van der Waals surface area contributed by atoms with Gasteiger partial charge in [0, 0.05) is 24.8 Å². The van der Waals surface area contributed by atoms with Crippen molar-refractivity contribution in [3.63, 3.8) is 0 Å². The summed E-state index contributed by atoms with van der Waals surface area (Å²) >= 11 is 0. The van der Waals surface area contributed by atoms with E-state index in [2.05, 4.69) is 5.32 Å². The maximum atomic E-state index is 13.4. The molecule has 5 heteroatoms. The lowest BCUT2D eigenvalue weighted by atomic mass is 10.0. The van der Waals surface area contributed by atoms with Crippen molar-refractivity contribution in [3.05, 3.63) is 29.6 Å². The molecule has 0 spiro atoms. The van der Waals surface area contributed by atoms with Crippen molar-refractivity contribution in [2.45, 2.75) is 37.8 Å². The molecule has 1 atom stereocenters. The number of nitrogens with zero attached hydrogens (tertiary/aromatic N) is 1. The Labute approximate surface area is 117 Å². The summed E-state index contributed by atoms with van der Waals surface area (Å²) in [5, 5.41) is 12.7. The van der Waals surface area contributed by atoms with Crippen LogP contribution in [0.4, 0.5) is 10.1 Å². The number of aliphatic carboxylic acids is 1. The number of halogens is 1. The molecule has 1 fully saturated rings. The molecule has 1 aliphatic carbocycles. The third-order valence-corrected chi connectivity index (χ3v) is 4.12. The molecule has 1 aliphatic heterocycles. The molecule has 2 N–H and O–H groups in total. The standard InChI is InChI=1S/C15H19FN2O2/c1-15(14(19)20,17-12-4-5-12)9-18-7-6-10-2-3-11(16)8-13(10)18/h2-3,8,12,17H,4-7,9H2,1H3,(H,19,20). The van der Waals surface area contributed by atoms with E-state index in [1.807, 2.05) is 4.90 Å². The van der Waals surface area contributed by atoms with Crippen LogP contribution in [0.25, 0.3) is 0 Å². The third kappa shape index (κ3) is 2.50. The second-order valence-electron chi connectivity index (χ2n) is 6.00. The van der Waals surface area contributed by atoms with Crippen LogP contribution in [0.3, 0.4) is 0 Å². The highest BCUT2D eigenvalue weighted by molar-refractivity contribution is 5.80. The summed E-state index contributed by atoms with van der Waals surface area (Å²) in [6.45, 7) is 2.81. The number of rotatable bonds is 5. The van der Waals surface area contributed by atoms with Gasteiger partial charge in [-0.2, -0.15) is 0 Å². The molecule has 0 bridgehead atoms. The van der Waals surface area contributed by atoms with Crippen LogP contribution in [0, 0.1) is 5.82 Å². The van der Waals surface area contributed by atoms with Gasteiger partial charge in [-0.05, 0) is 43.9 Å². The molecule has 0 saturated heterocycles. The van der Waals surface area contributed by atoms with Crippen LogP contribution >= 0.6 is 0 Å². The number of carboxylic acids is 1. The van der Waals surface area contributed by atoms with Gasteiger partial charge in [0.15, 0.2) is 0 Å². The normalized spacial score (nSPS) is 20.6. The van der Waals surface area contributed by atoms with E-state index in [-0.39, 0.29) is 5.82 Å². The SMILES string of the molecule is CC(CN1CCc2ccc(F)cc21)(NC1CC1)C(=O)O. The molecule has 0 radical (unpaired) electrons. The van der Waals surface area contributed by atoms with Gasteiger partial charge in [-0.3, -0.25) is 10.1 Å². The molecule has 1 saturated carbocycles. The zero-order chi connectivity index (χ0) is 14.3. The quantitative estimate of drug-likeness (QED) is 0.862. The van der Waals surface area contributed by atoms with E-state index in [9.17, 15) is 14.3 Å². The average molecular weight is 278 g/mol. The van der Waals surface area contributed by atoms with Gasteiger partial charge in [-0.1, -0.05) is 6.07 Å². The Morgan fingerprint density at radius 1 is 1.55 bits per heavy atom. The van der Waals surface area contributed by atoms with Gasteiger partial charge in [0.05, 0.1) is 0 Å². The minimum atomic E-state index is -0.991. The van der Waals surface area contributed by atoms with E-state index in [0.29, 0.717) is 12.6 Å². The molecular formula is C15H19FN2O2. The number of fused-ring (bicyclic) bond motifs is 1. The molecule has 20 heavy (non-hydrogen) atoms. The summed E-state index contributed by atoms with van der Waals surface area (Å²) in [7, 11) is 0. The van der Waals surface area contributed by atoms with E-state index in [1.165, 1.54) is 12.1 Å². The van der Waals surface area contributed by atoms with Gasteiger partial charge in [0.2, 0.25) is 0 Å². The first-order valence-electron chi connectivity index (χ1n) is 7.02. The van der Waals surface area contributed by atoms with Crippen LogP contribution in [0.2, 0.25) is 0 Å². The minimum absolute atomic E-state index is 0.275. The molecule has 1 aromatic carbocycles. The average Bonchev–Trinajstić information content (AvgIpc) is 3.11. The summed E-state index contributed by atoms with van der Waals surface area (Å²) < 4.78 is 13.4. The largest absolute Gasteiger partial charge is 0.480 e. The number of carboxylic acid groups (broad SMARTS) is 1. The van der Waals surface area contributed by atoms with Gasteiger partial charge < -0.3 is 10.0 Å². The Hall–Kier alpha value is -1.62. The zero-order valence-corrected chi connectivity index (χ0v) is 11.5. The topological polar surface area (TPSA) is 52.6 Å². The number of benzene rings is 1. The highest BCUT2D eigenvalue weighted by Gasteiger charge is 2.40. The van der Waals surface area contributed by atoms with Crippen LogP contribution in [0.15, 0.2) is 18.2 Å². The molecule has 1 unspecified atom stereocenters. The fourth-order valence-electron chi connectivity index (χ4n) is 2.82.